The van der Waals surface area contributed by atoms with Gasteiger partial charge < -0.3 is 14.6 Å². The molecule has 150 valence electrons. The van der Waals surface area contributed by atoms with Crippen LogP contribution in [0.4, 0.5) is 0 Å². The Morgan fingerprint density at radius 1 is 1.25 bits per heavy atom. The lowest BCUT2D eigenvalue weighted by atomic mass is 10.2. The van der Waals surface area contributed by atoms with Gasteiger partial charge >= 0.3 is 0 Å². The van der Waals surface area contributed by atoms with Crippen LogP contribution in [0.1, 0.15) is 30.7 Å². The van der Waals surface area contributed by atoms with Crippen LogP contribution in [0.5, 0.6) is 5.75 Å². The summed E-state index contributed by atoms with van der Waals surface area (Å²) in [6.07, 6.45) is 1.72. The Morgan fingerprint density at radius 3 is 2.57 bits per heavy atom. The highest BCUT2D eigenvalue weighted by molar-refractivity contribution is 7.89. The van der Waals surface area contributed by atoms with Gasteiger partial charge in [-0.1, -0.05) is 23.4 Å². The SMILES string of the molecule is Cc1noc(C)c1S(=O)(=O)N1C[C@@H](Oc2ccccc2)C[C@H]1C(=O)NC1CC1. The Balaban J connectivity index is 1.62. The molecule has 0 unspecified atom stereocenters. The molecule has 28 heavy (non-hydrogen) atoms. The summed E-state index contributed by atoms with van der Waals surface area (Å²) in [6.45, 7) is 3.22. The summed E-state index contributed by atoms with van der Waals surface area (Å²) in [4.78, 5) is 12.8. The monoisotopic (exact) mass is 405 g/mol. The van der Waals surface area contributed by atoms with E-state index in [0.29, 0.717) is 5.75 Å². The van der Waals surface area contributed by atoms with Crippen LogP contribution in [0.2, 0.25) is 0 Å². The maximum Gasteiger partial charge on any atom is 0.249 e. The molecule has 1 aromatic carbocycles. The first-order chi connectivity index (χ1) is 13.4. The van der Waals surface area contributed by atoms with E-state index in [1.807, 2.05) is 30.3 Å². The van der Waals surface area contributed by atoms with Crippen LogP contribution in [0.15, 0.2) is 39.8 Å². The number of nitrogens with one attached hydrogen (secondary N) is 1. The minimum atomic E-state index is -3.96. The van der Waals surface area contributed by atoms with Gasteiger partial charge in [0.2, 0.25) is 15.9 Å². The summed E-state index contributed by atoms with van der Waals surface area (Å²) in [6, 6.07) is 8.51. The Labute approximate surface area is 163 Å². The van der Waals surface area contributed by atoms with Crippen molar-refractivity contribution >= 4 is 15.9 Å². The zero-order valence-electron chi connectivity index (χ0n) is 15.8. The highest BCUT2D eigenvalue weighted by atomic mass is 32.2. The molecule has 1 amide bonds. The zero-order chi connectivity index (χ0) is 19.9. The topological polar surface area (TPSA) is 102 Å². The smallest absolute Gasteiger partial charge is 0.249 e. The largest absolute Gasteiger partial charge is 0.489 e. The molecule has 1 N–H and O–H groups in total. The number of amides is 1. The number of hydrogen-bond acceptors (Lipinski definition) is 6. The van der Waals surface area contributed by atoms with Crippen molar-refractivity contribution in [2.24, 2.45) is 0 Å². The Kier molecular flexibility index (Phi) is 4.88. The van der Waals surface area contributed by atoms with E-state index in [4.69, 9.17) is 9.26 Å². The third-order valence-electron chi connectivity index (χ3n) is 5.02. The fourth-order valence-corrected chi connectivity index (χ4v) is 5.46. The molecule has 8 nitrogen and oxygen atoms in total. The fourth-order valence-electron chi connectivity index (χ4n) is 3.53. The van der Waals surface area contributed by atoms with Gasteiger partial charge in [0.1, 0.15) is 28.5 Å². The lowest BCUT2D eigenvalue weighted by molar-refractivity contribution is -0.124. The first-order valence-electron chi connectivity index (χ1n) is 9.33. The lowest BCUT2D eigenvalue weighted by Crippen LogP contribution is -2.46. The minimum absolute atomic E-state index is 0.0251. The molecule has 2 aromatic rings. The van der Waals surface area contributed by atoms with E-state index in [-0.39, 0.29) is 41.3 Å². The van der Waals surface area contributed by atoms with Gasteiger partial charge in [-0.3, -0.25) is 4.79 Å². The van der Waals surface area contributed by atoms with E-state index in [9.17, 15) is 13.2 Å². The summed E-state index contributed by atoms with van der Waals surface area (Å²) in [7, 11) is -3.96. The minimum Gasteiger partial charge on any atom is -0.489 e. The van der Waals surface area contributed by atoms with Crippen molar-refractivity contribution in [2.75, 3.05) is 6.54 Å². The fraction of sp³-hybridized carbons (Fsp3) is 0.474. The predicted molar refractivity (Wildman–Crippen MR) is 100 cm³/mol. The van der Waals surface area contributed by atoms with Crippen molar-refractivity contribution in [3.63, 3.8) is 0 Å². The standard InChI is InChI=1S/C19H23N3O5S/c1-12-18(13(2)27-21-12)28(24,25)22-11-16(26-15-6-4-3-5-7-15)10-17(22)19(23)20-14-8-9-14/h3-7,14,16-17H,8-11H2,1-2H3,(H,20,23)/t16-,17-/m0/s1. The molecular weight excluding hydrogens is 382 g/mol. The van der Waals surface area contributed by atoms with E-state index in [2.05, 4.69) is 10.5 Å². The van der Waals surface area contributed by atoms with Crippen LogP contribution in [-0.2, 0) is 14.8 Å². The lowest BCUT2D eigenvalue weighted by Gasteiger charge is -2.22. The second-order valence-corrected chi connectivity index (χ2v) is 9.14. The Bertz CT molecular complexity index is 949. The first-order valence-corrected chi connectivity index (χ1v) is 10.8. The summed E-state index contributed by atoms with van der Waals surface area (Å²) in [5.41, 5.74) is 0.284. The number of aromatic nitrogens is 1. The van der Waals surface area contributed by atoms with Gasteiger partial charge in [0.05, 0.1) is 6.54 Å². The molecule has 1 aliphatic carbocycles. The maximum atomic E-state index is 13.3. The number of carbonyl (C=O) groups is 1. The van der Waals surface area contributed by atoms with Gasteiger partial charge in [0.15, 0.2) is 5.76 Å². The van der Waals surface area contributed by atoms with E-state index < -0.39 is 22.2 Å². The molecule has 9 heteroatoms. The normalized spacial score (nSPS) is 22.9. The average Bonchev–Trinajstić information content (AvgIpc) is 3.25. The molecule has 0 radical (unpaired) electrons. The van der Waals surface area contributed by atoms with Crippen molar-refractivity contribution in [2.45, 2.75) is 56.2 Å². The number of carbonyl (C=O) groups excluding carboxylic acids is 1. The second-order valence-electron chi connectivity index (χ2n) is 7.32. The predicted octanol–water partition coefficient (Wildman–Crippen LogP) is 1.78. The van der Waals surface area contributed by atoms with Crippen molar-refractivity contribution in [1.29, 1.82) is 0 Å². The number of rotatable bonds is 6. The molecule has 1 saturated heterocycles. The Hall–Kier alpha value is -2.39. The molecule has 2 atom stereocenters. The highest BCUT2D eigenvalue weighted by Gasteiger charge is 2.47. The van der Waals surface area contributed by atoms with E-state index >= 15 is 0 Å². The van der Waals surface area contributed by atoms with Crippen molar-refractivity contribution in [1.82, 2.24) is 14.8 Å². The summed E-state index contributed by atoms with van der Waals surface area (Å²) >= 11 is 0. The average molecular weight is 405 g/mol. The number of ether oxygens (including phenoxy) is 1. The highest BCUT2D eigenvalue weighted by Crippen LogP contribution is 2.32. The van der Waals surface area contributed by atoms with Crippen LogP contribution < -0.4 is 10.1 Å². The number of benzene rings is 1. The van der Waals surface area contributed by atoms with Crippen molar-refractivity contribution in [3.8, 4) is 5.75 Å². The summed E-state index contributed by atoms with van der Waals surface area (Å²) in [5.74, 6) is 0.578. The van der Waals surface area contributed by atoms with Gasteiger partial charge in [-0.15, -0.1) is 0 Å². The molecule has 0 bridgehead atoms. The maximum absolute atomic E-state index is 13.3. The summed E-state index contributed by atoms with van der Waals surface area (Å²) < 4.78 is 38.9. The van der Waals surface area contributed by atoms with E-state index in [0.717, 1.165) is 12.8 Å². The number of para-hydroxylation sites is 1. The first kappa shape index (κ1) is 18.9. The molecule has 2 fully saturated rings. The van der Waals surface area contributed by atoms with Crippen LogP contribution in [0, 0.1) is 13.8 Å². The number of aryl methyl sites for hydroxylation is 2. The van der Waals surface area contributed by atoms with Crippen LogP contribution >= 0.6 is 0 Å². The number of nitrogens with zero attached hydrogens (tertiary/aromatic N) is 2. The molecule has 0 spiro atoms. The van der Waals surface area contributed by atoms with Gasteiger partial charge in [-0.05, 0) is 38.8 Å². The van der Waals surface area contributed by atoms with Crippen LogP contribution in [0.25, 0.3) is 0 Å². The van der Waals surface area contributed by atoms with Crippen LogP contribution in [-0.4, -0.2) is 48.5 Å². The van der Waals surface area contributed by atoms with E-state index in [1.165, 1.54) is 4.31 Å². The molecular formula is C19H23N3O5S. The molecule has 4 rings (SSSR count). The van der Waals surface area contributed by atoms with Gasteiger partial charge in [-0.25, -0.2) is 8.42 Å². The molecule has 1 aromatic heterocycles. The summed E-state index contributed by atoms with van der Waals surface area (Å²) in [5, 5.41) is 6.67. The van der Waals surface area contributed by atoms with Crippen LogP contribution in [0.3, 0.4) is 0 Å². The zero-order valence-corrected chi connectivity index (χ0v) is 16.6. The number of sulfonamides is 1. The quantitative estimate of drug-likeness (QED) is 0.786. The third kappa shape index (κ3) is 3.64. The third-order valence-corrected chi connectivity index (χ3v) is 7.14. The Morgan fingerprint density at radius 2 is 1.96 bits per heavy atom. The molecule has 2 aliphatic rings. The van der Waals surface area contributed by atoms with Gasteiger partial charge in [0.25, 0.3) is 0 Å². The van der Waals surface area contributed by atoms with Crippen molar-refractivity contribution in [3.05, 3.63) is 41.8 Å². The number of hydrogen-bond donors (Lipinski definition) is 1. The molecule has 1 aliphatic heterocycles. The second kappa shape index (κ2) is 7.21. The van der Waals surface area contributed by atoms with Crippen molar-refractivity contribution < 1.29 is 22.5 Å². The van der Waals surface area contributed by atoms with E-state index in [1.54, 1.807) is 13.8 Å². The van der Waals surface area contributed by atoms with Gasteiger partial charge in [-0.2, -0.15) is 4.31 Å². The molecule has 1 saturated carbocycles. The van der Waals surface area contributed by atoms with Gasteiger partial charge in [0, 0.05) is 12.5 Å². The molecule has 2 heterocycles.